The van der Waals surface area contributed by atoms with Gasteiger partial charge < -0.3 is 14.5 Å². The molecule has 29 heavy (non-hydrogen) atoms. The summed E-state index contributed by atoms with van der Waals surface area (Å²) in [6, 6.07) is 15.1. The molecular formula is C23H26N2O3S. The summed E-state index contributed by atoms with van der Waals surface area (Å²) < 4.78 is 5.35. The van der Waals surface area contributed by atoms with E-state index in [2.05, 4.69) is 0 Å². The Kier molecular flexibility index (Phi) is 5.54. The van der Waals surface area contributed by atoms with Crippen LogP contribution in [0.4, 0.5) is 0 Å². The van der Waals surface area contributed by atoms with Gasteiger partial charge in [0.15, 0.2) is 0 Å². The molecule has 0 atom stereocenters. The van der Waals surface area contributed by atoms with Crippen LogP contribution in [-0.4, -0.2) is 59.0 Å². The van der Waals surface area contributed by atoms with Crippen LogP contribution in [0.2, 0.25) is 0 Å². The van der Waals surface area contributed by atoms with Gasteiger partial charge >= 0.3 is 0 Å². The molecule has 0 bridgehead atoms. The van der Waals surface area contributed by atoms with Gasteiger partial charge in [-0.2, -0.15) is 0 Å². The van der Waals surface area contributed by atoms with Crippen LogP contribution in [0.1, 0.15) is 39.1 Å². The van der Waals surface area contributed by atoms with Gasteiger partial charge in [0.1, 0.15) is 5.75 Å². The highest BCUT2D eigenvalue weighted by Gasteiger charge is 2.47. The van der Waals surface area contributed by atoms with Gasteiger partial charge in [-0.25, -0.2) is 0 Å². The summed E-state index contributed by atoms with van der Waals surface area (Å²) in [7, 11) is 1.58. The molecule has 0 N–H and O–H groups in total. The fourth-order valence-corrected chi connectivity index (χ4v) is 5.67. The van der Waals surface area contributed by atoms with Gasteiger partial charge in [0.2, 0.25) is 0 Å². The van der Waals surface area contributed by atoms with E-state index in [0.717, 1.165) is 36.3 Å². The van der Waals surface area contributed by atoms with E-state index in [1.54, 1.807) is 7.11 Å². The summed E-state index contributed by atoms with van der Waals surface area (Å²) in [5.74, 6) is 1.64. The second kappa shape index (κ2) is 8.11. The largest absolute Gasteiger partial charge is 0.496 e. The van der Waals surface area contributed by atoms with Gasteiger partial charge in [-0.05, 0) is 44.0 Å². The summed E-state index contributed by atoms with van der Waals surface area (Å²) in [6.45, 7) is 4.07. The molecule has 2 heterocycles. The predicted molar refractivity (Wildman–Crippen MR) is 116 cm³/mol. The lowest BCUT2D eigenvalue weighted by atomic mass is 9.99. The molecule has 4 rings (SSSR count). The van der Waals surface area contributed by atoms with Crippen molar-refractivity contribution in [2.45, 2.75) is 24.6 Å². The Morgan fingerprint density at radius 1 is 0.966 bits per heavy atom. The highest BCUT2D eigenvalue weighted by molar-refractivity contribution is 8.00. The van der Waals surface area contributed by atoms with Gasteiger partial charge in [-0.3, -0.25) is 9.59 Å². The van der Waals surface area contributed by atoms with E-state index in [9.17, 15) is 9.59 Å². The highest BCUT2D eigenvalue weighted by atomic mass is 32.2. The van der Waals surface area contributed by atoms with Crippen molar-refractivity contribution in [2.24, 2.45) is 0 Å². The first kappa shape index (κ1) is 19.8. The predicted octanol–water partition coefficient (Wildman–Crippen LogP) is 3.83. The van der Waals surface area contributed by atoms with E-state index in [-0.39, 0.29) is 16.7 Å². The second-order valence-electron chi connectivity index (χ2n) is 7.61. The van der Waals surface area contributed by atoms with Crippen molar-refractivity contribution in [2.75, 3.05) is 32.5 Å². The highest BCUT2D eigenvalue weighted by Crippen LogP contribution is 2.44. The number of carbonyl (C=O) groups excluding carboxylic acids is 2. The van der Waals surface area contributed by atoms with Crippen molar-refractivity contribution in [1.82, 2.24) is 9.80 Å². The molecule has 5 nitrogen and oxygen atoms in total. The quantitative estimate of drug-likeness (QED) is 0.772. The fourth-order valence-electron chi connectivity index (χ4n) is 4.21. The van der Waals surface area contributed by atoms with Crippen molar-refractivity contribution in [3.05, 3.63) is 65.2 Å². The average Bonchev–Trinajstić information content (AvgIpc) is 3.16. The van der Waals surface area contributed by atoms with Crippen LogP contribution in [0, 0.1) is 6.92 Å². The smallest absolute Gasteiger partial charge is 0.257 e. The molecule has 152 valence electrons. The van der Waals surface area contributed by atoms with Crippen molar-refractivity contribution in [3.8, 4) is 5.75 Å². The number of rotatable bonds is 3. The monoisotopic (exact) mass is 410 g/mol. The van der Waals surface area contributed by atoms with Gasteiger partial charge in [0.25, 0.3) is 11.8 Å². The number of thioether (sulfide) groups is 1. The lowest BCUT2D eigenvalue weighted by Crippen LogP contribution is -2.53. The summed E-state index contributed by atoms with van der Waals surface area (Å²) in [5, 5.41) is 0. The van der Waals surface area contributed by atoms with Crippen LogP contribution >= 0.6 is 11.8 Å². The molecule has 1 spiro atoms. The Hall–Kier alpha value is -2.47. The number of para-hydroxylation sites is 1. The fraction of sp³-hybridized carbons (Fsp3) is 0.391. The molecule has 6 heteroatoms. The van der Waals surface area contributed by atoms with Crippen molar-refractivity contribution in [3.63, 3.8) is 0 Å². The van der Waals surface area contributed by atoms with Crippen molar-refractivity contribution < 1.29 is 14.3 Å². The second-order valence-corrected chi connectivity index (χ2v) is 9.07. The van der Waals surface area contributed by atoms with Crippen LogP contribution in [0.15, 0.2) is 48.5 Å². The van der Waals surface area contributed by atoms with Crippen LogP contribution in [0.3, 0.4) is 0 Å². The molecule has 0 radical (unpaired) electrons. The number of benzene rings is 2. The Labute approximate surface area is 176 Å². The van der Waals surface area contributed by atoms with E-state index in [0.29, 0.717) is 24.4 Å². The number of methoxy groups -OCH3 is 1. The minimum absolute atomic E-state index is 0.00305. The van der Waals surface area contributed by atoms with Crippen LogP contribution in [-0.2, 0) is 0 Å². The molecule has 2 saturated heterocycles. The number of likely N-dealkylation sites (tertiary alicyclic amines) is 1. The van der Waals surface area contributed by atoms with Gasteiger partial charge in [0, 0.05) is 31.0 Å². The van der Waals surface area contributed by atoms with E-state index >= 15 is 0 Å². The first-order valence-electron chi connectivity index (χ1n) is 9.99. The van der Waals surface area contributed by atoms with Gasteiger partial charge in [-0.1, -0.05) is 29.8 Å². The molecule has 0 unspecified atom stereocenters. The van der Waals surface area contributed by atoms with E-state index in [1.807, 2.05) is 77.0 Å². The maximum Gasteiger partial charge on any atom is 0.257 e. The minimum Gasteiger partial charge on any atom is -0.496 e. The number of ether oxygens (including phenoxy) is 1. The molecular weight excluding hydrogens is 384 g/mol. The minimum atomic E-state index is -0.209. The SMILES string of the molecule is COc1ccccc1C(=O)N1CCC2(CC1)SCCN2C(=O)c1ccc(C)cc1. The van der Waals surface area contributed by atoms with E-state index in [4.69, 9.17) is 4.74 Å². The Bertz CT molecular complexity index is 905. The summed E-state index contributed by atoms with van der Waals surface area (Å²) in [6.07, 6.45) is 1.58. The third-order valence-corrected chi connectivity index (χ3v) is 7.44. The number of nitrogens with zero attached hydrogens (tertiary/aromatic N) is 2. The average molecular weight is 411 g/mol. The van der Waals surface area contributed by atoms with Crippen LogP contribution in [0.5, 0.6) is 5.75 Å². The zero-order chi connectivity index (χ0) is 20.4. The lowest BCUT2D eigenvalue weighted by Gasteiger charge is -2.44. The normalized spacial score (nSPS) is 18.1. The van der Waals surface area contributed by atoms with Crippen molar-refractivity contribution >= 4 is 23.6 Å². The van der Waals surface area contributed by atoms with Crippen LogP contribution < -0.4 is 4.74 Å². The molecule has 0 saturated carbocycles. The number of hydrogen-bond donors (Lipinski definition) is 0. The standard InChI is InChI=1S/C23H26N2O3S/c1-17-7-9-18(10-8-17)21(26)25-15-16-29-23(25)11-13-24(14-12-23)22(27)19-5-3-4-6-20(19)28-2/h3-10H,11-16H2,1-2H3. The lowest BCUT2D eigenvalue weighted by molar-refractivity contribution is 0.0496. The number of carbonyl (C=O) groups is 2. The molecule has 2 aliphatic rings. The molecule has 2 aromatic rings. The molecule has 2 amide bonds. The number of amides is 2. The van der Waals surface area contributed by atoms with E-state index < -0.39 is 0 Å². The number of aryl methyl sites for hydroxylation is 1. The molecule has 0 aromatic heterocycles. The van der Waals surface area contributed by atoms with Gasteiger partial charge in [0.05, 0.1) is 17.5 Å². The summed E-state index contributed by atoms with van der Waals surface area (Å²) in [4.78, 5) is 29.9. The zero-order valence-electron chi connectivity index (χ0n) is 16.9. The van der Waals surface area contributed by atoms with E-state index in [1.165, 1.54) is 0 Å². The molecule has 2 aromatic carbocycles. The summed E-state index contributed by atoms with van der Waals surface area (Å²) in [5.41, 5.74) is 2.48. The number of piperidine rings is 1. The number of hydrogen-bond acceptors (Lipinski definition) is 4. The first-order valence-corrected chi connectivity index (χ1v) is 11.0. The third-order valence-electron chi connectivity index (χ3n) is 5.89. The van der Waals surface area contributed by atoms with Crippen LogP contribution in [0.25, 0.3) is 0 Å². The Morgan fingerprint density at radius 2 is 1.66 bits per heavy atom. The topological polar surface area (TPSA) is 49.9 Å². The maximum atomic E-state index is 13.2. The maximum absolute atomic E-state index is 13.2. The molecule has 0 aliphatic carbocycles. The Balaban J connectivity index is 1.48. The third kappa shape index (κ3) is 3.73. The molecule has 2 aliphatic heterocycles. The zero-order valence-corrected chi connectivity index (χ0v) is 17.7. The first-order chi connectivity index (χ1) is 14.0. The van der Waals surface area contributed by atoms with Gasteiger partial charge in [-0.15, -0.1) is 11.8 Å². The molecule has 2 fully saturated rings. The summed E-state index contributed by atoms with van der Waals surface area (Å²) >= 11 is 1.86. The Morgan fingerprint density at radius 3 is 2.34 bits per heavy atom. The van der Waals surface area contributed by atoms with Crippen molar-refractivity contribution in [1.29, 1.82) is 0 Å².